The van der Waals surface area contributed by atoms with E-state index in [9.17, 15) is 14.4 Å². The Morgan fingerprint density at radius 1 is 1.04 bits per heavy atom. The highest BCUT2D eigenvalue weighted by Crippen LogP contribution is 2.44. The van der Waals surface area contributed by atoms with Crippen molar-refractivity contribution < 1.29 is 23.9 Å². The molecule has 4 aliphatic rings. The van der Waals surface area contributed by atoms with Crippen LogP contribution in [0.4, 0.5) is 22.1 Å². The van der Waals surface area contributed by atoms with E-state index < -0.39 is 6.03 Å². The number of aryl methyl sites for hydroxylation is 1. The molecular formula is C34H38N8O5. The van der Waals surface area contributed by atoms with Crippen LogP contribution >= 0.6 is 0 Å². The standard InChI is InChI=1S/C34H38N8O5/c1-21(43)38-11-6-27-26(20-38)33(37-42(27)24-8-14-47-15-9-24)39-10-3-4-23-16-25(29(46-2)18-28(23)39)22-5-12-40-30(17-22)35-19-32(40)41-13-7-31(44)36-34(41)45/h5,12,16-19,24H,3-4,6-11,13-15,20H2,1-2H3,(H,36,44,45). The highest BCUT2D eigenvalue weighted by atomic mass is 16.5. The normalized spacial score (nSPS) is 18.7. The van der Waals surface area contributed by atoms with Crippen LogP contribution in [-0.2, 0) is 33.7 Å². The quantitative estimate of drug-likeness (QED) is 0.348. The van der Waals surface area contributed by atoms with Crippen molar-refractivity contribution in [3.8, 4) is 16.9 Å². The van der Waals surface area contributed by atoms with Gasteiger partial charge in [0.15, 0.2) is 5.82 Å². The summed E-state index contributed by atoms with van der Waals surface area (Å²) in [5.41, 5.74) is 7.25. The van der Waals surface area contributed by atoms with Crippen LogP contribution in [0.3, 0.4) is 0 Å². The number of benzene rings is 1. The van der Waals surface area contributed by atoms with E-state index in [1.165, 1.54) is 16.2 Å². The van der Waals surface area contributed by atoms with Gasteiger partial charge in [0.2, 0.25) is 11.8 Å². The minimum absolute atomic E-state index is 0.0848. The largest absolute Gasteiger partial charge is 0.496 e. The number of aromatic nitrogens is 4. The van der Waals surface area contributed by atoms with Crippen molar-refractivity contribution in [3.63, 3.8) is 0 Å². The number of nitrogens with one attached hydrogen (secondary N) is 1. The van der Waals surface area contributed by atoms with Crippen molar-refractivity contribution in [1.29, 1.82) is 0 Å². The highest BCUT2D eigenvalue weighted by molar-refractivity contribution is 6.05. The van der Waals surface area contributed by atoms with E-state index in [1.807, 2.05) is 27.6 Å². The Morgan fingerprint density at radius 3 is 2.68 bits per heavy atom. The Balaban J connectivity index is 1.16. The zero-order valence-corrected chi connectivity index (χ0v) is 26.7. The molecule has 13 nitrogen and oxygen atoms in total. The first-order valence-corrected chi connectivity index (χ1v) is 16.4. The second-order valence-electron chi connectivity index (χ2n) is 12.7. The summed E-state index contributed by atoms with van der Waals surface area (Å²) in [6.45, 7) is 5.51. The van der Waals surface area contributed by atoms with Crippen LogP contribution in [0, 0.1) is 0 Å². The number of rotatable bonds is 5. The molecule has 0 bridgehead atoms. The number of urea groups is 1. The van der Waals surface area contributed by atoms with E-state index in [2.05, 4.69) is 32.0 Å². The van der Waals surface area contributed by atoms with Gasteiger partial charge in [0, 0.05) is 87.4 Å². The van der Waals surface area contributed by atoms with Crippen molar-refractivity contribution in [1.82, 2.24) is 29.4 Å². The molecule has 4 aliphatic heterocycles. The minimum atomic E-state index is -0.444. The average Bonchev–Trinajstić information content (AvgIpc) is 3.69. The van der Waals surface area contributed by atoms with Gasteiger partial charge >= 0.3 is 6.03 Å². The molecule has 0 radical (unpaired) electrons. The topological polar surface area (TPSA) is 127 Å². The molecule has 2 saturated heterocycles. The lowest BCUT2D eigenvalue weighted by molar-refractivity contribution is -0.129. The van der Waals surface area contributed by atoms with Gasteiger partial charge in [0.1, 0.15) is 17.2 Å². The average molecular weight is 639 g/mol. The van der Waals surface area contributed by atoms with Gasteiger partial charge in [-0.15, -0.1) is 0 Å². The van der Waals surface area contributed by atoms with Crippen molar-refractivity contribution >= 4 is 40.8 Å². The summed E-state index contributed by atoms with van der Waals surface area (Å²) in [6.07, 6.45) is 8.35. The molecule has 0 unspecified atom stereocenters. The number of hydrogen-bond acceptors (Lipinski definition) is 8. The maximum Gasteiger partial charge on any atom is 0.329 e. The molecule has 0 aliphatic carbocycles. The maximum atomic E-state index is 12.5. The second-order valence-corrected chi connectivity index (χ2v) is 12.7. The van der Waals surface area contributed by atoms with Gasteiger partial charge in [-0.25, -0.2) is 9.78 Å². The van der Waals surface area contributed by atoms with Crippen LogP contribution in [0.25, 0.3) is 16.8 Å². The second kappa shape index (κ2) is 11.7. The summed E-state index contributed by atoms with van der Waals surface area (Å²) < 4.78 is 15.8. The number of imide groups is 1. The van der Waals surface area contributed by atoms with Gasteiger partial charge in [-0.3, -0.25) is 28.9 Å². The number of carbonyl (C=O) groups excluding carboxylic acids is 3. The van der Waals surface area contributed by atoms with Gasteiger partial charge < -0.3 is 19.3 Å². The first-order chi connectivity index (χ1) is 22.9. The molecule has 3 aromatic heterocycles. The van der Waals surface area contributed by atoms with E-state index >= 15 is 0 Å². The predicted molar refractivity (Wildman–Crippen MR) is 174 cm³/mol. The molecule has 8 rings (SSSR count). The Labute approximate surface area is 272 Å². The number of anilines is 3. The summed E-state index contributed by atoms with van der Waals surface area (Å²) >= 11 is 0. The van der Waals surface area contributed by atoms with Gasteiger partial charge in [0.05, 0.1) is 25.9 Å². The van der Waals surface area contributed by atoms with E-state index in [-0.39, 0.29) is 18.2 Å². The molecule has 47 heavy (non-hydrogen) atoms. The number of nitrogens with zero attached hydrogens (tertiary/aromatic N) is 7. The molecule has 244 valence electrons. The minimum Gasteiger partial charge on any atom is -0.496 e. The SMILES string of the molecule is COc1cc2c(cc1-c1ccn3c(N4CCC(=O)NC4=O)cnc3c1)CCCN2c1nn(C2CCOCC2)c2c1CN(C(C)=O)CC2. The molecule has 4 aromatic rings. The fourth-order valence-corrected chi connectivity index (χ4v) is 7.49. The molecule has 7 heterocycles. The third kappa shape index (κ3) is 5.09. The summed E-state index contributed by atoms with van der Waals surface area (Å²) in [6, 6.07) is 8.17. The fraction of sp³-hybridized carbons (Fsp3) is 0.441. The van der Waals surface area contributed by atoms with E-state index in [4.69, 9.17) is 14.6 Å². The molecule has 0 saturated carbocycles. The lowest BCUT2D eigenvalue weighted by Gasteiger charge is -2.33. The van der Waals surface area contributed by atoms with Crippen molar-refractivity contribution in [3.05, 3.63) is 53.5 Å². The molecule has 0 atom stereocenters. The Kier molecular flexibility index (Phi) is 7.35. The first kappa shape index (κ1) is 29.5. The molecular weight excluding hydrogens is 600 g/mol. The number of methoxy groups -OCH3 is 1. The molecule has 1 aromatic carbocycles. The number of fused-ring (bicyclic) bond motifs is 3. The van der Waals surface area contributed by atoms with Crippen LogP contribution in [-0.4, -0.2) is 81.9 Å². The number of ether oxygens (including phenoxy) is 2. The smallest absolute Gasteiger partial charge is 0.329 e. The van der Waals surface area contributed by atoms with Crippen LogP contribution < -0.4 is 19.9 Å². The Hall–Kier alpha value is -4.91. The van der Waals surface area contributed by atoms with Crippen molar-refractivity contribution in [2.24, 2.45) is 0 Å². The van der Waals surface area contributed by atoms with Crippen LogP contribution in [0.5, 0.6) is 5.75 Å². The number of amides is 4. The summed E-state index contributed by atoms with van der Waals surface area (Å²) in [5, 5.41) is 7.68. The molecule has 2 fully saturated rings. The van der Waals surface area contributed by atoms with Gasteiger partial charge in [-0.05, 0) is 55.0 Å². The lowest BCUT2D eigenvalue weighted by atomic mass is 9.95. The van der Waals surface area contributed by atoms with Crippen LogP contribution in [0.1, 0.15) is 55.5 Å². The van der Waals surface area contributed by atoms with E-state index in [0.29, 0.717) is 37.1 Å². The summed E-state index contributed by atoms with van der Waals surface area (Å²) in [5.74, 6) is 2.09. The van der Waals surface area contributed by atoms with Crippen LogP contribution in [0.2, 0.25) is 0 Å². The molecule has 13 heteroatoms. The fourth-order valence-electron chi connectivity index (χ4n) is 7.49. The monoisotopic (exact) mass is 638 g/mol. The van der Waals surface area contributed by atoms with E-state index in [1.54, 1.807) is 20.2 Å². The molecule has 4 amide bonds. The first-order valence-electron chi connectivity index (χ1n) is 16.4. The number of hydrogen-bond donors (Lipinski definition) is 1. The predicted octanol–water partition coefficient (Wildman–Crippen LogP) is 3.99. The Morgan fingerprint density at radius 2 is 1.89 bits per heavy atom. The van der Waals surface area contributed by atoms with Crippen molar-refractivity contribution in [2.75, 3.05) is 49.8 Å². The van der Waals surface area contributed by atoms with Crippen LogP contribution in [0.15, 0.2) is 36.7 Å². The number of imidazole rings is 1. The maximum absolute atomic E-state index is 12.5. The zero-order chi connectivity index (χ0) is 32.2. The summed E-state index contributed by atoms with van der Waals surface area (Å²) in [7, 11) is 1.69. The molecule has 0 spiro atoms. The summed E-state index contributed by atoms with van der Waals surface area (Å²) in [4.78, 5) is 47.0. The van der Waals surface area contributed by atoms with Gasteiger partial charge in [-0.1, -0.05) is 0 Å². The number of carbonyl (C=O) groups is 3. The van der Waals surface area contributed by atoms with Gasteiger partial charge in [-0.2, -0.15) is 5.10 Å². The van der Waals surface area contributed by atoms with E-state index in [0.717, 1.165) is 85.8 Å². The highest BCUT2D eigenvalue weighted by Gasteiger charge is 2.34. The molecule has 1 N–H and O–H groups in total. The Bertz CT molecular complexity index is 1910. The third-order valence-electron chi connectivity index (χ3n) is 9.96. The van der Waals surface area contributed by atoms with Crippen molar-refractivity contribution in [2.45, 2.75) is 58.0 Å². The van der Waals surface area contributed by atoms with Gasteiger partial charge in [0.25, 0.3) is 0 Å². The number of pyridine rings is 1. The zero-order valence-electron chi connectivity index (χ0n) is 26.7. The third-order valence-corrected chi connectivity index (χ3v) is 9.96. The lowest BCUT2D eigenvalue weighted by Crippen LogP contribution is -2.50.